The molecule has 1 unspecified atom stereocenters. The highest BCUT2D eigenvalue weighted by atomic mass is 35.5. The van der Waals surface area contributed by atoms with E-state index in [2.05, 4.69) is 27.3 Å². The van der Waals surface area contributed by atoms with E-state index in [0.717, 1.165) is 31.2 Å². The van der Waals surface area contributed by atoms with Crippen molar-refractivity contribution in [1.29, 1.82) is 0 Å². The van der Waals surface area contributed by atoms with E-state index >= 15 is 0 Å². The van der Waals surface area contributed by atoms with Gasteiger partial charge in [0.2, 0.25) is 4.47 Å². The summed E-state index contributed by atoms with van der Waals surface area (Å²) in [6.45, 7) is 6.33. The summed E-state index contributed by atoms with van der Waals surface area (Å²) in [6, 6.07) is 0.642. The van der Waals surface area contributed by atoms with Crippen LogP contribution in [-0.4, -0.2) is 40.8 Å². The molecule has 0 spiro atoms. The smallest absolute Gasteiger partial charge is 0.207 e. The Morgan fingerprint density at radius 3 is 3.00 bits per heavy atom. The molecule has 1 saturated heterocycles. The first-order chi connectivity index (χ1) is 7.78. The number of nitrogens with one attached hydrogen (secondary N) is 1. The van der Waals surface area contributed by atoms with Gasteiger partial charge in [-0.25, -0.2) is 0 Å². The Hall–Kier alpha value is -0.230. The minimum atomic E-state index is 0.532. The van der Waals surface area contributed by atoms with Crippen molar-refractivity contribution in [2.75, 3.05) is 19.6 Å². The summed E-state index contributed by atoms with van der Waals surface area (Å²) >= 11 is 7.24. The normalized spacial score (nSPS) is 20.8. The Morgan fingerprint density at radius 1 is 1.56 bits per heavy atom. The van der Waals surface area contributed by atoms with Crippen LogP contribution < -0.4 is 5.32 Å². The van der Waals surface area contributed by atoms with Crippen LogP contribution >= 0.6 is 22.9 Å². The number of rotatable bonds is 5. The van der Waals surface area contributed by atoms with E-state index in [9.17, 15) is 0 Å². The molecule has 0 bridgehead atoms. The molecule has 1 aromatic heterocycles. The van der Waals surface area contributed by atoms with Crippen LogP contribution in [0.4, 0.5) is 0 Å². The van der Waals surface area contributed by atoms with Crippen molar-refractivity contribution in [3.8, 4) is 0 Å². The second kappa shape index (κ2) is 5.91. The highest BCUT2D eigenvalue weighted by molar-refractivity contribution is 7.15. The fourth-order valence-corrected chi connectivity index (χ4v) is 2.93. The zero-order valence-electron chi connectivity index (χ0n) is 9.45. The van der Waals surface area contributed by atoms with Crippen LogP contribution in [0.2, 0.25) is 4.47 Å². The first-order valence-corrected chi connectivity index (χ1v) is 6.91. The van der Waals surface area contributed by atoms with Crippen molar-refractivity contribution in [1.82, 2.24) is 20.4 Å². The summed E-state index contributed by atoms with van der Waals surface area (Å²) in [5, 5.41) is 12.4. The van der Waals surface area contributed by atoms with Crippen LogP contribution in [-0.2, 0) is 6.54 Å². The van der Waals surface area contributed by atoms with E-state index in [-0.39, 0.29) is 0 Å². The zero-order valence-corrected chi connectivity index (χ0v) is 11.0. The lowest BCUT2D eigenvalue weighted by Gasteiger charge is -2.22. The van der Waals surface area contributed by atoms with Crippen LogP contribution in [0.25, 0.3) is 0 Å². The number of likely N-dealkylation sites (N-methyl/N-ethyl adjacent to an activating group) is 1. The van der Waals surface area contributed by atoms with Gasteiger partial charge in [-0.2, -0.15) is 0 Å². The molecule has 0 saturated carbocycles. The lowest BCUT2D eigenvalue weighted by atomic mass is 10.2. The van der Waals surface area contributed by atoms with E-state index in [4.69, 9.17) is 11.6 Å². The first-order valence-electron chi connectivity index (χ1n) is 5.71. The predicted octanol–water partition coefficient (Wildman–Crippen LogP) is 1.77. The Kier molecular flexibility index (Phi) is 4.52. The Balaban J connectivity index is 1.84. The molecule has 1 aromatic rings. The minimum Gasteiger partial charge on any atom is -0.313 e. The quantitative estimate of drug-likeness (QED) is 0.876. The summed E-state index contributed by atoms with van der Waals surface area (Å²) < 4.78 is 0.532. The average molecular weight is 261 g/mol. The summed E-state index contributed by atoms with van der Waals surface area (Å²) in [5.41, 5.74) is 0. The maximum atomic E-state index is 5.77. The molecule has 1 fully saturated rings. The van der Waals surface area contributed by atoms with Crippen LogP contribution in [0.1, 0.15) is 24.8 Å². The molecule has 16 heavy (non-hydrogen) atoms. The van der Waals surface area contributed by atoms with Crippen molar-refractivity contribution in [3.63, 3.8) is 0 Å². The van der Waals surface area contributed by atoms with Gasteiger partial charge >= 0.3 is 0 Å². The standard InChI is InChI=1S/C10H17ClN4S/c1-2-15(6-8-4-3-5-12-8)7-9-13-14-10(11)16-9/h8,12H,2-7H2,1H3. The fraction of sp³-hybridized carbons (Fsp3) is 0.800. The van der Waals surface area contributed by atoms with Crippen LogP contribution in [0.3, 0.4) is 0 Å². The maximum absolute atomic E-state index is 5.77. The van der Waals surface area contributed by atoms with E-state index in [0.29, 0.717) is 10.5 Å². The highest BCUT2D eigenvalue weighted by Gasteiger charge is 2.18. The highest BCUT2D eigenvalue weighted by Crippen LogP contribution is 2.17. The third kappa shape index (κ3) is 3.38. The molecule has 6 heteroatoms. The SMILES string of the molecule is CCN(Cc1nnc(Cl)s1)CC1CCCN1. The molecular formula is C10H17ClN4S. The van der Waals surface area contributed by atoms with Gasteiger partial charge in [-0.1, -0.05) is 18.3 Å². The molecule has 1 aliphatic heterocycles. The van der Waals surface area contributed by atoms with E-state index in [1.165, 1.54) is 24.2 Å². The second-order valence-electron chi connectivity index (χ2n) is 4.07. The summed E-state index contributed by atoms with van der Waals surface area (Å²) in [4.78, 5) is 2.39. The summed E-state index contributed by atoms with van der Waals surface area (Å²) in [5.74, 6) is 0. The molecular weight excluding hydrogens is 244 g/mol. The largest absolute Gasteiger partial charge is 0.313 e. The Morgan fingerprint density at radius 2 is 2.44 bits per heavy atom. The van der Waals surface area contributed by atoms with Gasteiger partial charge in [0, 0.05) is 12.6 Å². The van der Waals surface area contributed by atoms with Crippen LogP contribution in [0.15, 0.2) is 0 Å². The number of hydrogen-bond donors (Lipinski definition) is 1. The first kappa shape index (κ1) is 12.2. The van der Waals surface area contributed by atoms with Gasteiger partial charge in [-0.15, -0.1) is 10.2 Å². The summed E-state index contributed by atoms with van der Waals surface area (Å²) in [6.07, 6.45) is 2.58. The molecule has 2 heterocycles. The van der Waals surface area contributed by atoms with E-state index in [1.54, 1.807) is 0 Å². The monoisotopic (exact) mass is 260 g/mol. The molecule has 2 rings (SSSR count). The minimum absolute atomic E-state index is 0.532. The predicted molar refractivity (Wildman–Crippen MR) is 66.9 cm³/mol. The summed E-state index contributed by atoms with van der Waals surface area (Å²) in [7, 11) is 0. The van der Waals surface area contributed by atoms with Gasteiger partial charge in [0.25, 0.3) is 0 Å². The van der Waals surface area contributed by atoms with Crippen molar-refractivity contribution in [3.05, 3.63) is 9.47 Å². The van der Waals surface area contributed by atoms with Gasteiger partial charge in [-0.05, 0) is 37.5 Å². The third-order valence-corrected chi connectivity index (χ3v) is 3.89. The van der Waals surface area contributed by atoms with Gasteiger partial charge in [-0.3, -0.25) is 4.90 Å². The molecule has 0 amide bonds. The zero-order chi connectivity index (χ0) is 11.4. The van der Waals surface area contributed by atoms with Crippen molar-refractivity contribution < 1.29 is 0 Å². The second-order valence-corrected chi connectivity index (χ2v) is 5.71. The molecule has 0 aliphatic carbocycles. The molecule has 0 aromatic carbocycles. The van der Waals surface area contributed by atoms with Crippen LogP contribution in [0.5, 0.6) is 0 Å². The van der Waals surface area contributed by atoms with Gasteiger partial charge in [0.15, 0.2) is 0 Å². The molecule has 1 N–H and O–H groups in total. The Bertz CT molecular complexity index is 324. The fourth-order valence-electron chi connectivity index (χ4n) is 2.02. The number of aromatic nitrogens is 2. The number of halogens is 1. The topological polar surface area (TPSA) is 41.1 Å². The lowest BCUT2D eigenvalue weighted by Crippen LogP contribution is -2.37. The van der Waals surface area contributed by atoms with Crippen LogP contribution in [0, 0.1) is 0 Å². The average Bonchev–Trinajstić information content (AvgIpc) is 2.89. The molecule has 4 nitrogen and oxygen atoms in total. The lowest BCUT2D eigenvalue weighted by molar-refractivity contribution is 0.252. The molecule has 0 radical (unpaired) electrons. The van der Waals surface area contributed by atoms with Crippen molar-refractivity contribution in [2.45, 2.75) is 32.4 Å². The Labute approximate surface area is 105 Å². The third-order valence-electron chi connectivity index (χ3n) is 2.89. The van der Waals surface area contributed by atoms with Gasteiger partial charge in [0.05, 0.1) is 6.54 Å². The maximum Gasteiger partial charge on any atom is 0.207 e. The molecule has 1 aliphatic rings. The van der Waals surface area contributed by atoms with E-state index < -0.39 is 0 Å². The van der Waals surface area contributed by atoms with Gasteiger partial charge in [0.1, 0.15) is 5.01 Å². The van der Waals surface area contributed by atoms with E-state index in [1.807, 2.05) is 0 Å². The number of hydrogen-bond acceptors (Lipinski definition) is 5. The number of nitrogens with zero attached hydrogens (tertiary/aromatic N) is 3. The van der Waals surface area contributed by atoms with Crippen molar-refractivity contribution >= 4 is 22.9 Å². The van der Waals surface area contributed by atoms with Gasteiger partial charge < -0.3 is 5.32 Å². The molecule has 1 atom stereocenters. The van der Waals surface area contributed by atoms with Crippen molar-refractivity contribution in [2.24, 2.45) is 0 Å². The molecule has 90 valence electrons.